The number of hydrogen-bond donors (Lipinski definition) is 1. The lowest BCUT2D eigenvalue weighted by atomic mass is 9.69. The Morgan fingerprint density at radius 3 is 2.45 bits per heavy atom. The molecule has 0 saturated heterocycles. The number of anilines is 1. The van der Waals surface area contributed by atoms with E-state index in [0.717, 1.165) is 44.9 Å². The normalized spacial score (nSPS) is 12.6. The molecule has 0 atom stereocenters. The zero-order valence-electron chi connectivity index (χ0n) is 18.7. The molecule has 156 valence electrons. The van der Waals surface area contributed by atoms with Crippen LogP contribution in [0.4, 0.5) is 5.69 Å². The first-order valence-corrected chi connectivity index (χ1v) is 11.6. The summed E-state index contributed by atoms with van der Waals surface area (Å²) < 4.78 is 1.09. The Morgan fingerprint density at radius 1 is 1.07 bits per heavy atom. The highest BCUT2D eigenvalue weighted by atomic mass is 32.1. The molecule has 0 spiro atoms. The number of hydrogen-bond acceptors (Lipinski definition) is 4. The van der Waals surface area contributed by atoms with Crippen molar-refractivity contribution in [2.75, 3.05) is 12.4 Å². The Morgan fingerprint density at radius 2 is 1.79 bits per heavy atom. The maximum absolute atomic E-state index is 12.8. The highest BCUT2D eigenvalue weighted by molar-refractivity contribution is 7.21. The Bertz CT molecular complexity index is 1020. The fourth-order valence-corrected chi connectivity index (χ4v) is 5.28. The summed E-state index contributed by atoms with van der Waals surface area (Å²) in [5, 5.41) is 3.16. The molecule has 2 aliphatic rings. The third-order valence-electron chi connectivity index (χ3n) is 6.53. The van der Waals surface area contributed by atoms with Gasteiger partial charge in [-0.1, -0.05) is 47.5 Å². The van der Waals surface area contributed by atoms with Gasteiger partial charge in [-0.2, -0.15) is 0 Å². The number of nitrogens with one attached hydrogen (secondary N) is 1. The predicted octanol–water partition coefficient (Wildman–Crippen LogP) is 6.98. The standard InChI is InChI=1S/C25H34N2OS/c1-7-25(5,8-2)16-24(3,4)12-11-17-13-20-23(15-21(17)28)29-22-14-18(26-6)9-10-19(22)27-20/h9-10,13-15,26H,7-8,11-12,16H2,1-6H3. The van der Waals surface area contributed by atoms with E-state index < -0.39 is 0 Å². The summed E-state index contributed by atoms with van der Waals surface area (Å²) in [6.45, 7) is 11.6. The van der Waals surface area contributed by atoms with Gasteiger partial charge in [-0.25, -0.2) is 4.98 Å². The van der Waals surface area contributed by atoms with Crippen molar-refractivity contribution in [1.29, 1.82) is 0 Å². The predicted molar refractivity (Wildman–Crippen MR) is 127 cm³/mol. The van der Waals surface area contributed by atoms with Gasteiger partial charge in [0.2, 0.25) is 0 Å². The van der Waals surface area contributed by atoms with Crippen LogP contribution in [-0.2, 0) is 6.42 Å². The van der Waals surface area contributed by atoms with E-state index in [2.05, 4.69) is 46.0 Å². The largest absolute Gasteiger partial charge is 0.388 e. The van der Waals surface area contributed by atoms with E-state index in [-0.39, 0.29) is 10.8 Å². The van der Waals surface area contributed by atoms with Gasteiger partial charge in [-0.3, -0.25) is 4.79 Å². The third-order valence-corrected chi connectivity index (χ3v) is 7.63. The summed E-state index contributed by atoms with van der Waals surface area (Å²) >= 11 is 1.64. The molecule has 4 heteroatoms. The van der Waals surface area contributed by atoms with Gasteiger partial charge in [0.15, 0.2) is 5.43 Å². The number of nitrogens with zero attached hydrogens (tertiary/aromatic N) is 1. The summed E-state index contributed by atoms with van der Waals surface area (Å²) in [5.41, 5.74) is 4.59. The molecule has 0 saturated carbocycles. The number of aryl methyl sites for hydroxylation is 1. The molecule has 0 radical (unpaired) electrons. The Kier molecular flexibility index (Phi) is 6.33. The van der Waals surface area contributed by atoms with Crippen LogP contribution < -0.4 is 10.7 Å². The van der Waals surface area contributed by atoms with Crippen LogP contribution in [0.3, 0.4) is 0 Å². The van der Waals surface area contributed by atoms with Crippen molar-refractivity contribution < 1.29 is 0 Å². The van der Waals surface area contributed by atoms with Gasteiger partial charge in [0, 0.05) is 24.4 Å². The minimum Gasteiger partial charge on any atom is -0.388 e. The third kappa shape index (κ3) is 4.98. The lowest BCUT2D eigenvalue weighted by molar-refractivity contribution is 0.154. The monoisotopic (exact) mass is 410 g/mol. The summed E-state index contributed by atoms with van der Waals surface area (Å²) in [7, 11) is 1.91. The van der Waals surface area contributed by atoms with Gasteiger partial charge in [-0.05, 0) is 54.4 Å². The zero-order chi connectivity index (χ0) is 21.2. The Hall–Kier alpha value is -1.94. The topological polar surface area (TPSA) is 42.0 Å². The van der Waals surface area contributed by atoms with Gasteiger partial charge >= 0.3 is 0 Å². The highest BCUT2D eigenvalue weighted by Crippen LogP contribution is 2.41. The molecule has 3 rings (SSSR count). The molecule has 1 aliphatic carbocycles. The van der Waals surface area contributed by atoms with Crippen LogP contribution in [0.15, 0.2) is 35.1 Å². The van der Waals surface area contributed by atoms with Crippen LogP contribution in [0.5, 0.6) is 0 Å². The minimum absolute atomic E-state index is 0.143. The second-order valence-corrected chi connectivity index (χ2v) is 10.5. The SMILES string of the molecule is CCC(C)(CC)CC(C)(C)CCc1cc2nc3ccc(NC)cc3sc-2cc1=O. The minimum atomic E-state index is 0.143. The van der Waals surface area contributed by atoms with Crippen LogP contribution in [0.2, 0.25) is 0 Å². The first-order valence-electron chi connectivity index (χ1n) is 10.7. The van der Waals surface area contributed by atoms with Crippen LogP contribution >= 0.6 is 11.3 Å². The maximum Gasteiger partial charge on any atom is 0.183 e. The van der Waals surface area contributed by atoms with E-state index in [9.17, 15) is 4.79 Å². The van der Waals surface area contributed by atoms with E-state index in [1.807, 2.05) is 25.2 Å². The smallest absolute Gasteiger partial charge is 0.183 e. The molecule has 1 heterocycles. The molecular weight excluding hydrogens is 376 g/mol. The molecule has 0 amide bonds. The average Bonchev–Trinajstić information content (AvgIpc) is 2.70. The molecule has 1 aliphatic heterocycles. The van der Waals surface area contributed by atoms with Gasteiger partial charge in [0.25, 0.3) is 0 Å². The molecule has 3 nitrogen and oxygen atoms in total. The highest BCUT2D eigenvalue weighted by Gasteiger charge is 2.29. The number of fused-ring (bicyclic) bond motifs is 2. The van der Waals surface area contributed by atoms with E-state index >= 15 is 0 Å². The quantitative estimate of drug-likeness (QED) is 0.407. The molecule has 0 aromatic heterocycles. The maximum atomic E-state index is 12.8. The first kappa shape index (κ1) is 21.8. The van der Waals surface area contributed by atoms with E-state index in [1.165, 1.54) is 19.3 Å². The van der Waals surface area contributed by atoms with E-state index in [0.29, 0.717) is 5.41 Å². The average molecular weight is 411 g/mol. The molecule has 0 bridgehead atoms. The lowest BCUT2D eigenvalue weighted by Crippen LogP contribution is -2.26. The summed E-state index contributed by atoms with van der Waals surface area (Å²) in [6, 6.07) is 9.97. The van der Waals surface area contributed by atoms with E-state index in [4.69, 9.17) is 4.98 Å². The van der Waals surface area contributed by atoms with Crippen molar-refractivity contribution in [3.63, 3.8) is 0 Å². The van der Waals surface area contributed by atoms with Crippen LogP contribution in [-0.4, -0.2) is 12.0 Å². The molecule has 0 unspecified atom stereocenters. The molecule has 1 N–H and O–H groups in total. The van der Waals surface area contributed by atoms with Crippen LogP contribution in [0.25, 0.3) is 20.8 Å². The Labute approximate surface area is 178 Å². The van der Waals surface area contributed by atoms with E-state index in [1.54, 1.807) is 17.4 Å². The van der Waals surface area contributed by atoms with Crippen molar-refractivity contribution >= 4 is 27.2 Å². The molecule has 1 aromatic carbocycles. The van der Waals surface area contributed by atoms with Crippen molar-refractivity contribution in [2.24, 2.45) is 10.8 Å². The summed E-state index contributed by atoms with van der Waals surface area (Å²) in [5.74, 6) is 0. The first-order chi connectivity index (χ1) is 13.7. The molecular formula is C25H34N2OS. The van der Waals surface area contributed by atoms with Gasteiger partial charge in [0.1, 0.15) is 0 Å². The van der Waals surface area contributed by atoms with Crippen molar-refractivity contribution in [2.45, 2.75) is 66.7 Å². The van der Waals surface area contributed by atoms with Crippen LogP contribution in [0.1, 0.15) is 65.9 Å². The second kappa shape index (κ2) is 8.43. The number of rotatable bonds is 8. The molecule has 1 aromatic rings. The molecule has 29 heavy (non-hydrogen) atoms. The zero-order valence-corrected chi connectivity index (χ0v) is 19.5. The van der Waals surface area contributed by atoms with Crippen molar-refractivity contribution in [1.82, 2.24) is 4.98 Å². The van der Waals surface area contributed by atoms with Gasteiger partial charge in [0.05, 0.1) is 20.8 Å². The second-order valence-electron chi connectivity index (χ2n) is 9.43. The Balaban J connectivity index is 1.87. The van der Waals surface area contributed by atoms with Crippen molar-refractivity contribution in [3.8, 4) is 10.6 Å². The molecule has 0 fully saturated rings. The number of aromatic nitrogens is 1. The van der Waals surface area contributed by atoms with Crippen molar-refractivity contribution in [3.05, 3.63) is 46.1 Å². The van der Waals surface area contributed by atoms with Gasteiger partial charge < -0.3 is 5.32 Å². The van der Waals surface area contributed by atoms with Crippen LogP contribution in [0, 0.1) is 10.8 Å². The fraction of sp³-hybridized carbons (Fsp3) is 0.520. The summed E-state index contributed by atoms with van der Waals surface area (Å²) in [6.07, 6.45) is 5.42. The summed E-state index contributed by atoms with van der Waals surface area (Å²) in [4.78, 5) is 18.6. The van der Waals surface area contributed by atoms with Gasteiger partial charge in [-0.15, -0.1) is 11.3 Å². The fourth-order valence-electron chi connectivity index (χ4n) is 4.27. The number of benzene rings is 2. The lowest BCUT2D eigenvalue weighted by Gasteiger charge is -2.36.